The minimum atomic E-state index is -0.550. The number of hydrogen-bond donors (Lipinski definition) is 0. The van der Waals surface area contributed by atoms with Crippen molar-refractivity contribution in [3.63, 3.8) is 0 Å². The van der Waals surface area contributed by atoms with Gasteiger partial charge >= 0.3 is 6.09 Å². The predicted octanol–water partition coefficient (Wildman–Crippen LogP) is 6.68. The number of ether oxygens (including phenoxy) is 1. The summed E-state index contributed by atoms with van der Waals surface area (Å²) >= 11 is 3.49. The summed E-state index contributed by atoms with van der Waals surface area (Å²) in [5.41, 5.74) is 4.68. The van der Waals surface area contributed by atoms with Crippen molar-refractivity contribution >= 4 is 22.0 Å². The fraction of sp³-hybridized carbons (Fsp3) is 0.227. The predicted molar refractivity (Wildman–Crippen MR) is 109 cm³/mol. The zero-order valence-electron chi connectivity index (χ0n) is 15.4. The summed E-state index contributed by atoms with van der Waals surface area (Å²) in [6, 6.07) is 18.3. The first kappa shape index (κ1) is 18.5. The van der Waals surface area contributed by atoms with Crippen molar-refractivity contribution in [3.05, 3.63) is 70.8 Å². The second-order valence-electron chi connectivity index (χ2n) is 7.24. The minimum absolute atomic E-state index is 0.386. The molecule has 0 saturated heterocycles. The maximum Gasteiger partial charge on any atom is 0.419 e. The van der Waals surface area contributed by atoms with Crippen molar-refractivity contribution in [2.24, 2.45) is 0 Å². The molecule has 3 nitrogen and oxygen atoms in total. The van der Waals surface area contributed by atoms with Crippen molar-refractivity contribution in [2.75, 3.05) is 0 Å². The fourth-order valence-corrected chi connectivity index (χ4v) is 3.37. The molecule has 0 unspecified atom stereocenters. The van der Waals surface area contributed by atoms with Gasteiger partial charge in [0.2, 0.25) is 0 Å². The van der Waals surface area contributed by atoms with Gasteiger partial charge in [-0.15, -0.1) is 0 Å². The third-order valence-electron chi connectivity index (χ3n) is 4.07. The Hall–Kier alpha value is -2.33. The van der Waals surface area contributed by atoms with E-state index in [9.17, 15) is 4.79 Å². The highest BCUT2D eigenvalue weighted by Crippen LogP contribution is 2.34. The van der Waals surface area contributed by atoms with Crippen LogP contribution in [0.25, 0.3) is 22.4 Å². The average molecular weight is 412 g/mol. The second-order valence-corrected chi connectivity index (χ2v) is 8.15. The lowest BCUT2D eigenvalue weighted by molar-refractivity contribution is 0.0540. The Morgan fingerprint density at radius 1 is 1.00 bits per heavy atom. The SMILES string of the molecule is Cc1c(-c2ccccc2)cccc1-c1cc(Br)cn1C(=O)OC(C)(C)C. The van der Waals surface area contributed by atoms with Gasteiger partial charge in [-0.25, -0.2) is 4.79 Å². The molecule has 0 aliphatic heterocycles. The lowest BCUT2D eigenvalue weighted by Gasteiger charge is -2.21. The number of nitrogens with zero attached hydrogens (tertiary/aromatic N) is 1. The van der Waals surface area contributed by atoms with Crippen molar-refractivity contribution < 1.29 is 9.53 Å². The van der Waals surface area contributed by atoms with Gasteiger partial charge in [-0.05, 0) is 66.4 Å². The standard InChI is InChI=1S/C22H22BrNO2/c1-15-18(16-9-6-5-7-10-16)11-8-12-19(15)20-13-17(23)14-24(20)21(25)26-22(2,3)4/h5-14H,1-4H3. The number of benzene rings is 2. The summed E-state index contributed by atoms with van der Waals surface area (Å²) in [5.74, 6) is 0. The van der Waals surface area contributed by atoms with Crippen LogP contribution in [0.1, 0.15) is 26.3 Å². The first-order valence-electron chi connectivity index (χ1n) is 8.53. The Balaban J connectivity index is 2.10. The molecule has 4 heteroatoms. The molecule has 1 aromatic heterocycles. The lowest BCUT2D eigenvalue weighted by Crippen LogP contribution is -2.27. The largest absolute Gasteiger partial charge is 0.443 e. The summed E-state index contributed by atoms with van der Waals surface area (Å²) in [6.45, 7) is 7.68. The quantitative estimate of drug-likeness (QED) is 0.470. The van der Waals surface area contributed by atoms with E-state index in [0.717, 1.165) is 32.4 Å². The van der Waals surface area contributed by atoms with Gasteiger partial charge in [-0.1, -0.05) is 48.5 Å². The van der Waals surface area contributed by atoms with E-state index in [0.29, 0.717) is 0 Å². The van der Waals surface area contributed by atoms with E-state index in [1.807, 2.05) is 57.2 Å². The first-order chi connectivity index (χ1) is 12.3. The maximum atomic E-state index is 12.7. The average Bonchev–Trinajstić information content (AvgIpc) is 2.96. The fourth-order valence-electron chi connectivity index (χ4n) is 2.94. The molecule has 0 bridgehead atoms. The number of carbonyl (C=O) groups is 1. The molecule has 134 valence electrons. The molecule has 0 fully saturated rings. The van der Waals surface area contributed by atoms with E-state index >= 15 is 0 Å². The third kappa shape index (κ3) is 3.91. The smallest absolute Gasteiger partial charge is 0.419 e. The Kier molecular flexibility index (Phi) is 5.05. The van der Waals surface area contributed by atoms with Crippen molar-refractivity contribution in [1.82, 2.24) is 4.57 Å². The molecule has 0 N–H and O–H groups in total. The Bertz CT molecular complexity index is 937. The monoisotopic (exact) mass is 411 g/mol. The van der Waals surface area contributed by atoms with E-state index in [-0.39, 0.29) is 6.09 Å². The summed E-state index contributed by atoms with van der Waals surface area (Å²) in [6.07, 6.45) is 1.36. The van der Waals surface area contributed by atoms with E-state index in [2.05, 4.69) is 41.1 Å². The van der Waals surface area contributed by atoms with Gasteiger partial charge in [0.15, 0.2) is 0 Å². The number of halogens is 1. The second kappa shape index (κ2) is 7.12. The molecule has 0 spiro atoms. The minimum Gasteiger partial charge on any atom is -0.443 e. The molecule has 3 rings (SSSR count). The molecule has 0 atom stereocenters. The van der Waals surface area contributed by atoms with Crippen LogP contribution in [0.3, 0.4) is 0 Å². The lowest BCUT2D eigenvalue weighted by atomic mass is 9.95. The Labute approximate surface area is 162 Å². The molecular weight excluding hydrogens is 390 g/mol. The van der Waals surface area contributed by atoms with Gasteiger partial charge in [0.25, 0.3) is 0 Å². The molecule has 0 radical (unpaired) electrons. The number of rotatable bonds is 2. The van der Waals surface area contributed by atoms with E-state index in [1.165, 1.54) is 0 Å². The van der Waals surface area contributed by atoms with Gasteiger partial charge < -0.3 is 4.74 Å². The van der Waals surface area contributed by atoms with Crippen molar-refractivity contribution in [3.8, 4) is 22.4 Å². The van der Waals surface area contributed by atoms with Crippen LogP contribution in [0.5, 0.6) is 0 Å². The molecule has 2 aromatic carbocycles. The number of aromatic nitrogens is 1. The van der Waals surface area contributed by atoms with Crippen LogP contribution >= 0.6 is 15.9 Å². The van der Waals surface area contributed by atoms with Crippen LogP contribution in [0.4, 0.5) is 4.79 Å². The maximum absolute atomic E-state index is 12.7. The zero-order chi connectivity index (χ0) is 18.9. The molecule has 1 heterocycles. The van der Waals surface area contributed by atoms with E-state index in [4.69, 9.17) is 4.74 Å². The first-order valence-corrected chi connectivity index (χ1v) is 9.32. The Morgan fingerprint density at radius 2 is 1.65 bits per heavy atom. The Morgan fingerprint density at radius 3 is 2.31 bits per heavy atom. The van der Waals surface area contributed by atoms with Crippen LogP contribution in [0.15, 0.2) is 65.3 Å². The third-order valence-corrected chi connectivity index (χ3v) is 4.50. The van der Waals surface area contributed by atoms with Crippen LogP contribution in [-0.2, 0) is 4.74 Å². The highest BCUT2D eigenvalue weighted by atomic mass is 79.9. The topological polar surface area (TPSA) is 31.2 Å². The van der Waals surface area contributed by atoms with Crippen LogP contribution in [0, 0.1) is 6.92 Å². The summed E-state index contributed by atoms with van der Waals surface area (Å²) in [4.78, 5) is 12.7. The van der Waals surface area contributed by atoms with Crippen LogP contribution < -0.4 is 0 Å². The molecule has 26 heavy (non-hydrogen) atoms. The van der Waals surface area contributed by atoms with Gasteiger partial charge in [0, 0.05) is 16.2 Å². The van der Waals surface area contributed by atoms with Gasteiger partial charge in [-0.2, -0.15) is 0 Å². The van der Waals surface area contributed by atoms with Gasteiger partial charge in [0.05, 0.1) is 5.69 Å². The van der Waals surface area contributed by atoms with Gasteiger partial charge in [0.1, 0.15) is 5.60 Å². The highest BCUT2D eigenvalue weighted by Gasteiger charge is 2.22. The molecule has 3 aromatic rings. The van der Waals surface area contributed by atoms with Crippen LogP contribution in [0.2, 0.25) is 0 Å². The molecule has 0 amide bonds. The molecule has 0 aliphatic rings. The number of hydrogen-bond acceptors (Lipinski definition) is 2. The van der Waals surface area contributed by atoms with E-state index in [1.54, 1.807) is 10.8 Å². The zero-order valence-corrected chi connectivity index (χ0v) is 17.0. The van der Waals surface area contributed by atoms with Gasteiger partial charge in [-0.3, -0.25) is 4.57 Å². The summed E-state index contributed by atoms with van der Waals surface area (Å²) in [7, 11) is 0. The van der Waals surface area contributed by atoms with Crippen LogP contribution in [-0.4, -0.2) is 16.3 Å². The molecule has 0 aliphatic carbocycles. The van der Waals surface area contributed by atoms with E-state index < -0.39 is 5.60 Å². The number of carbonyl (C=O) groups excluding carboxylic acids is 1. The van der Waals surface area contributed by atoms with Crippen molar-refractivity contribution in [1.29, 1.82) is 0 Å². The van der Waals surface area contributed by atoms with Crippen molar-refractivity contribution in [2.45, 2.75) is 33.3 Å². The molecular formula is C22H22BrNO2. The molecule has 0 saturated carbocycles. The highest BCUT2D eigenvalue weighted by molar-refractivity contribution is 9.10. The summed E-state index contributed by atoms with van der Waals surface area (Å²) < 4.78 is 7.96. The summed E-state index contributed by atoms with van der Waals surface area (Å²) in [5, 5.41) is 0. The normalized spacial score (nSPS) is 11.4.